The molecular weight excluding hydrogens is 761 g/mol. The van der Waals surface area contributed by atoms with Gasteiger partial charge in [0.1, 0.15) is 11.3 Å². The first-order valence-electron chi connectivity index (χ1n) is 17.6. The van der Waals surface area contributed by atoms with E-state index in [0.29, 0.717) is 57.9 Å². The Hall–Kier alpha value is -4.55. The molecule has 2 fully saturated rings. The van der Waals surface area contributed by atoms with Gasteiger partial charge in [-0.25, -0.2) is 47.1 Å². The van der Waals surface area contributed by atoms with Crippen LogP contribution in [0.3, 0.4) is 0 Å². The van der Waals surface area contributed by atoms with Gasteiger partial charge in [-0.1, -0.05) is 30.1 Å². The van der Waals surface area contributed by atoms with Crippen LogP contribution in [-0.4, -0.2) is 96.6 Å². The van der Waals surface area contributed by atoms with E-state index in [1.54, 1.807) is 30.7 Å². The minimum absolute atomic E-state index is 0.0454. The number of fused-ring (bicyclic) bond motifs is 2. The topological polar surface area (TPSA) is 182 Å². The van der Waals surface area contributed by atoms with Crippen LogP contribution in [0.4, 0.5) is 20.4 Å². The quantitative estimate of drug-likeness (QED) is 0.109. The third-order valence-corrected chi connectivity index (χ3v) is 11.6. The van der Waals surface area contributed by atoms with Gasteiger partial charge in [0, 0.05) is 78.4 Å². The average Bonchev–Trinajstić information content (AvgIpc) is 3.78. The van der Waals surface area contributed by atoms with Crippen LogP contribution in [0, 0.1) is 11.6 Å². The second-order valence-corrected chi connectivity index (χ2v) is 16.1. The van der Waals surface area contributed by atoms with Crippen molar-refractivity contribution in [3.8, 4) is 22.8 Å². The highest BCUT2D eigenvalue weighted by molar-refractivity contribution is 7.89. The van der Waals surface area contributed by atoms with Crippen LogP contribution in [0.25, 0.3) is 44.8 Å². The van der Waals surface area contributed by atoms with Crippen LogP contribution in [0.5, 0.6) is 0 Å². The molecule has 5 N–H and O–H groups in total. The first-order valence-corrected chi connectivity index (χ1v) is 20.0. The number of sulfonamides is 1. The Morgan fingerprint density at radius 1 is 0.815 bits per heavy atom. The van der Waals surface area contributed by atoms with E-state index in [4.69, 9.17) is 23.2 Å². The molecule has 0 aliphatic carbocycles. The van der Waals surface area contributed by atoms with Crippen molar-refractivity contribution in [1.29, 1.82) is 0 Å². The maximum absolute atomic E-state index is 14.4. The normalized spacial score (nSPS) is 18.0. The fourth-order valence-corrected chi connectivity index (χ4v) is 8.49. The summed E-state index contributed by atoms with van der Waals surface area (Å²) in [5.41, 5.74) is 2.71. The summed E-state index contributed by atoms with van der Waals surface area (Å²) >= 11 is 12.1. The summed E-state index contributed by atoms with van der Waals surface area (Å²) in [6.07, 6.45) is 12.9. The molecule has 2 aliphatic heterocycles. The van der Waals surface area contributed by atoms with Crippen LogP contribution >= 0.6 is 23.2 Å². The molecule has 0 radical (unpaired) electrons. The third kappa shape index (κ3) is 8.55. The number of halogens is 4. The molecule has 19 heteroatoms. The van der Waals surface area contributed by atoms with E-state index < -0.39 is 21.7 Å². The van der Waals surface area contributed by atoms with Crippen LogP contribution in [0.15, 0.2) is 49.3 Å². The Morgan fingerprint density at radius 3 is 1.91 bits per heavy atom. The molecule has 0 amide bonds. The van der Waals surface area contributed by atoms with E-state index in [0.717, 1.165) is 54.9 Å². The van der Waals surface area contributed by atoms with Crippen molar-refractivity contribution in [2.24, 2.45) is 0 Å². The summed E-state index contributed by atoms with van der Waals surface area (Å²) in [6, 6.07) is 3.46. The van der Waals surface area contributed by atoms with E-state index in [1.807, 2.05) is 6.92 Å². The molecule has 6 aromatic rings. The number of nitrogens with one attached hydrogen (secondary N) is 5. The minimum atomic E-state index is -3.30. The summed E-state index contributed by atoms with van der Waals surface area (Å²) in [5, 5.41) is 12.1. The maximum atomic E-state index is 14.4. The van der Waals surface area contributed by atoms with Crippen molar-refractivity contribution in [1.82, 2.24) is 49.5 Å². The van der Waals surface area contributed by atoms with E-state index in [9.17, 15) is 17.2 Å². The molecule has 14 nitrogen and oxygen atoms in total. The lowest BCUT2D eigenvalue weighted by atomic mass is 10.1. The highest BCUT2D eigenvalue weighted by atomic mass is 35.5. The van der Waals surface area contributed by atoms with Crippen molar-refractivity contribution >= 4 is 66.9 Å². The van der Waals surface area contributed by atoms with Crippen molar-refractivity contribution in [3.63, 3.8) is 0 Å². The number of H-pyrrole nitrogens is 2. The number of pyridine rings is 2. The number of rotatable bonds is 9. The number of nitrogens with zero attached hydrogens (tertiary/aromatic N) is 7. The van der Waals surface area contributed by atoms with Crippen molar-refractivity contribution in [2.45, 2.75) is 51.1 Å². The molecule has 0 unspecified atom stereocenters. The predicted molar refractivity (Wildman–Crippen MR) is 206 cm³/mol. The van der Waals surface area contributed by atoms with Gasteiger partial charge in [-0.05, 0) is 50.8 Å². The molecule has 8 heterocycles. The number of piperidine rings is 2. The fraction of sp³-hybridized carbons (Fsp3) is 0.371. The summed E-state index contributed by atoms with van der Waals surface area (Å²) < 4.78 is 54.8. The minimum Gasteiger partial charge on any atom is -0.364 e. The first kappa shape index (κ1) is 37.8. The average molecular weight is 800 g/mol. The van der Waals surface area contributed by atoms with Crippen molar-refractivity contribution in [3.05, 3.63) is 71.0 Å². The molecule has 2 atom stereocenters. The summed E-state index contributed by atoms with van der Waals surface area (Å²) in [5.74, 6) is 0.0762. The van der Waals surface area contributed by atoms with Crippen LogP contribution < -0.4 is 16.0 Å². The SMILES string of the molecule is CCCS(=O)(=O)N1CCC[C@@H](Nc2nc(-c3c[nH]c4ncc(Cl)cc34)ncc2F)C1.Fc1cnc(-c2c[nH]c3ncc(Cl)cc23)nc1N[C@@H]1CCCNC1. The second kappa shape index (κ2) is 16.4. The van der Waals surface area contributed by atoms with Crippen LogP contribution in [0.1, 0.15) is 39.0 Å². The lowest BCUT2D eigenvalue weighted by molar-refractivity contribution is 0.326. The number of anilines is 2. The molecule has 0 bridgehead atoms. The molecule has 0 aromatic carbocycles. The molecule has 8 rings (SSSR count). The Kier molecular flexibility index (Phi) is 11.5. The smallest absolute Gasteiger partial charge is 0.214 e. The van der Waals surface area contributed by atoms with Gasteiger partial charge in [0.25, 0.3) is 0 Å². The Bertz CT molecular complexity index is 2370. The molecule has 54 heavy (non-hydrogen) atoms. The molecule has 284 valence electrons. The lowest BCUT2D eigenvalue weighted by Gasteiger charge is -2.32. The van der Waals surface area contributed by atoms with Crippen LogP contribution in [0.2, 0.25) is 10.0 Å². The third-order valence-electron chi connectivity index (χ3n) is 9.18. The molecule has 6 aromatic heterocycles. The van der Waals surface area contributed by atoms with E-state index in [2.05, 4.69) is 55.8 Å². The standard InChI is InChI=1S/C19H22ClFN6O2S.C16H16ClFN6/c1-2-6-30(28,29)27-5-3-4-13(11-27)25-19-16(21)10-24-18(26-19)15-9-23-17-14(15)7-12(20)8-22-17;17-9-4-11-12(7-21-14(11)20-5-9)15-22-8-13(18)16(24-15)23-10-2-1-3-19-6-10/h7-10,13H,2-6,11H2,1H3,(H,22,23)(H,24,25,26);4-5,7-8,10,19H,1-3,6H2,(H,20,21)(H,22,23,24)/t13-;10-/m11/s1. The van der Waals surface area contributed by atoms with Gasteiger partial charge in [0.2, 0.25) is 10.0 Å². The number of aromatic nitrogens is 8. The highest BCUT2D eigenvalue weighted by Crippen LogP contribution is 2.30. The van der Waals surface area contributed by atoms with Gasteiger partial charge in [0.05, 0.1) is 28.2 Å². The zero-order valence-corrected chi connectivity index (χ0v) is 31.5. The van der Waals surface area contributed by atoms with Gasteiger partial charge in [-0.3, -0.25) is 0 Å². The van der Waals surface area contributed by atoms with Crippen LogP contribution in [-0.2, 0) is 10.0 Å². The van der Waals surface area contributed by atoms with Gasteiger partial charge in [-0.2, -0.15) is 4.31 Å². The molecule has 0 saturated carbocycles. The summed E-state index contributed by atoms with van der Waals surface area (Å²) in [6.45, 7) is 4.40. The predicted octanol–water partition coefficient (Wildman–Crippen LogP) is 6.40. The monoisotopic (exact) mass is 798 g/mol. The molecular formula is C35H38Cl2F2N12O2S. The summed E-state index contributed by atoms with van der Waals surface area (Å²) in [7, 11) is -3.30. The highest BCUT2D eigenvalue weighted by Gasteiger charge is 2.29. The molecule has 2 aliphatic rings. The number of hydrogen-bond donors (Lipinski definition) is 5. The van der Waals surface area contributed by atoms with Gasteiger partial charge in [0.15, 0.2) is 34.9 Å². The van der Waals surface area contributed by atoms with Gasteiger partial charge < -0.3 is 25.9 Å². The summed E-state index contributed by atoms with van der Waals surface area (Å²) in [4.78, 5) is 31.5. The Labute approximate surface area is 320 Å². The van der Waals surface area contributed by atoms with Gasteiger partial charge in [-0.15, -0.1) is 0 Å². The van der Waals surface area contributed by atoms with E-state index in [1.165, 1.54) is 16.7 Å². The number of aromatic amines is 2. The van der Waals surface area contributed by atoms with E-state index in [-0.39, 0.29) is 36.0 Å². The Balaban J connectivity index is 0.000000171. The van der Waals surface area contributed by atoms with Crippen molar-refractivity contribution in [2.75, 3.05) is 42.6 Å². The number of hydrogen-bond acceptors (Lipinski definition) is 11. The van der Waals surface area contributed by atoms with E-state index >= 15 is 0 Å². The second-order valence-electron chi connectivity index (χ2n) is 13.1. The van der Waals surface area contributed by atoms with Crippen molar-refractivity contribution < 1.29 is 17.2 Å². The maximum Gasteiger partial charge on any atom is 0.214 e. The largest absolute Gasteiger partial charge is 0.364 e. The lowest BCUT2D eigenvalue weighted by Crippen LogP contribution is -2.46. The van der Waals surface area contributed by atoms with Gasteiger partial charge >= 0.3 is 0 Å². The zero-order chi connectivity index (χ0) is 37.8. The fourth-order valence-electron chi connectivity index (χ4n) is 6.58. The molecule has 0 spiro atoms. The first-order chi connectivity index (χ1) is 26.1. The zero-order valence-electron chi connectivity index (χ0n) is 29.2. The molecule has 2 saturated heterocycles. The Morgan fingerprint density at radius 2 is 1.37 bits per heavy atom.